The van der Waals surface area contributed by atoms with Crippen LogP contribution in [0.2, 0.25) is 0 Å². The van der Waals surface area contributed by atoms with Gasteiger partial charge in [0.1, 0.15) is 6.10 Å². The largest absolute Gasteiger partial charge is 0.482 e. The molecule has 3 atom stereocenters. The lowest BCUT2D eigenvalue weighted by atomic mass is 9.96. The average molecular weight is 357 g/mol. The third-order valence-corrected chi connectivity index (χ3v) is 6.07. The summed E-state index contributed by atoms with van der Waals surface area (Å²) in [5.74, 6) is 1.75. The Bertz CT molecular complexity index is 724. The first-order valence-corrected chi connectivity index (χ1v) is 9.86. The van der Waals surface area contributed by atoms with Gasteiger partial charge >= 0.3 is 0 Å². The molecule has 2 aromatic rings. The summed E-state index contributed by atoms with van der Waals surface area (Å²) in [7, 11) is 0. The van der Waals surface area contributed by atoms with Crippen LogP contribution in [0.15, 0.2) is 41.8 Å². The fraction of sp³-hybridized carbons (Fsp3) is 0.450. The van der Waals surface area contributed by atoms with Gasteiger partial charge in [-0.25, -0.2) is 0 Å². The summed E-state index contributed by atoms with van der Waals surface area (Å²) in [6.07, 6.45) is 3.89. The lowest BCUT2D eigenvalue weighted by molar-refractivity contribution is -0.134. The zero-order valence-corrected chi connectivity index (χ0v) is 15.1. The quantitative estimate of drug-likeness (QED) is 0.886. The average Bonchev–Trinajstić information content (AvgIpc) is 3.32. The summed E-state index contributed by atoms with van der Waals surface area (Å²) < 4.78 is 11.8. The maximum absolute atomic E-state index is 13.0. The van der Waals surface area contributed by atoms with E-state index in [0.29, 0.717) is 17.4 Å². The van der Waals surface area contributed by atoms with Crippen molar-refractivity contribution in [2.45, 2.75) is 50.9 Å². The highest BCUT2D eigenvalue weighted by molar-refractivity contribution is 7.10. The molecule has 3 unspecified atom stereocenters. The van der Waals surface area contributed by atoms with Crippen LogP contribution >= 0.6 is 11.3 Å². The number of fused-ring (bicyclic) bond motifs is 1. The Kier molecular flexibility index (Phi) is 4.66. The monoisotopic (exact) mass is 357 g/mol. The number of carbonyl (C=O) groups is 1. The summed E-state index contributed by atoms with van der Waals surface area (Å²) in [4.78, 5) is 14.2. The fourth-order valence-corrected chi connectivity index (χ4v) is 4.69. The Balaban J connectivity index is 1.51. The molecular formula is C20H23NO3S. The Labute approximate surface area is 152 Å². The zero-order chi connectivity index (χ0) is 17.2. The van der Waals surface area contributed by atoms with Crippen LogP contribution < -0.4 is 14.8 Å². The molecule has 0 saturated heterocycles. The molecule has 132 valence electrons. The van der Waals surface area contributed by atoms with Crippen molar-refractivity contribution >= 4 is 17.2 Å². The van der Waals surface area contributed by atoms with Crippen molar-refractivity contribution in [3.63, 3.8) is 0 Å². The van der Waals surface area contributed by atoms with Crippen LogP contribution in [-0.4, -0.2) is 18.1 Å². The van der Waals surface area contributed by atoms with Crippen molar-refractivity contribution in [1.29, 1.82) is 0 Å². The predicted octanol–water partition coefficient (Wildman–Crippen LogP) is 4.32. The van der Waals surface area contributed by atoms with Gasteiger partial charge in [-0.15, -0.1) is 11.3 Å². The third-order valence-electron chi connectivity index (χ3n) is 5.12. The maximum atomic E-state index is 13.0. The summed E-state index contributed by atoms with van der Waals surface area (Å²) in [5.41, 5.74) is 0. The molecule has 0 spiro atoms. The second-order valence-electron chi connectivity index (χ2n) is 6.85. The van der Waals surface area contributed by atoms with E-state index in [1.807, 2.05) is 37.3 Å². The first-order valence-electron chi connectivity index (χ1n) is 8.98. The number of benzene rings is 1. The van der Waals surface area contributed by atoms with E-state index in [1.165, 1.54) is 30.6 Å². The Morgan fingerprint density at radius 3 is 2.52 bits per heavy atom. The van der Waals surface area contributed by atoms with Crippen LogP contribution in [0.5, 0.6) is 11.5 Å². The van der Waals surface area contributed by atoms with Gasteiger partial charge in [0.25, 0.3) is 5.91 Å². The smallest absolute Gasteiger partial charge is 0.265 e. The van der Waals surface area contributed by atoms with Gasteiger partial charge in [-0.1, -0.05) is 31.0 Å². The van der Waals surface area contributed by atoms with Gasteiger partial charge in [0.2, 0.25) is 6.10 Å². The number of amides is 1. The van der Waals surface area contributed by atoms with E-state index in [2.05, 4.69) is 16.8 Å². The van der Waals surface area contributed by atoms with Crippen LogP contribution in [0.1, 0.15) is 43.5 Å². The second kappa shape index (κ2) is 7.08. The number of ether oxygens (including phenoxy) is 2. The van der Waals surface area contributed by atoms with E-state index in [0.717, 1.165) is 0 Å². The lowest BCUT2D eigenvalue weighted by Crippen LogP contribution is -2.50. The normalized spacial score (nSPS) is 24.0. The van der Waals surface area contributed by atoms with Crippen LogP contribution in [0.25, 0.3) is 0 Å². The van der Waals surface area contributed by atoms with Crippen molar-refractivity contribution in [3.05, 3.63) is 46.7 Å². The van der Waals surface area contributed by atoms with Crippen LogP contribution in [0, 0.1) is 5.92 Å². The number of thiophene rings is 1. The molecule has 1 aromatic carbocycles. The first kappa shape index (κ1) is 16.5. The maximum Gasteiger partial charge on any atom is 0.265 e. The Hall–Kier alpha value is -2.01. The molecule has 5 heteroatoms. The molecule has 0 radical (unpaired) electrons. The van der Waals surface area contributed by atoms with E-state index >= 15 is 0 Å². The van der Waals surface area contributed by atoms with Gasteiger partial charge in [0.15, 0.2) is 11.5 Å². The molecule has 1 amide bonds. The highest BCUT2D eigenvalue weighted by atomic mass is 32.1. The number of carbonyl (C=O) groups excluding carboxylic acids is 1. The Morgan fingerprint density at radius 1 is 1.12 bits per heavy atom. The second-order valence-corrected chi connectivity index (χ2v) is 7.83. The molecule has 2 heterocycles. The standard InChI is InChI=1S/C20H23NO3S/c1-13-19(24-16-10-5-4-9-15(16)23-13)20(22)21-18(14-7-2-3-8-14)17-11-6-12-25-17/h4-6,9-14,18-19H,2-3,7-8H2,1H3,(H,21,22). The minimum absolute atomic E-state index is 0.0722. The fourth-order valence-electron chi connectivity index (χ4n) is 3.82. The third kappa shape index (κ3) is 3.38. The van der Waals surface area contributed by atoms with Gasteiger partial charge in [-0.3, -0.25) is 4.79 Å². The summed E-state index contributed by atoms with van der Waals surface area (Å²) in [6.45, 7) is 1.88. The van der Waals surface area contributed by atoms with E-state index in [4.69, 9.17) is 9.47 Å². The number of hydrogen-bond donors (Lipinski definition) is 1. The minimum Gasteiger partial charge on any atom is -0.482 e. The topological polar surface area (TPSA) is 47.6 Å². The van der Waals surface area contributed by atoms with E-state index in [-0.39, 0.29) is 18.1 Å². The number of para-hydroxylation sites is 2. The zero-order valence-electron chi connectivity index (χ0n) is 14.3. The summed E-state index contributed by atoms with van der Waals surface area (Å²) >= 11 is 1.71. The minimum atomic E-state index is -0.626. The first-order chi connectivity index (χ1) is 12.2. The molecule has 1 aliphatic carbocycles. The van der Waals surface area contributed by atoms with Crippen molar-refractivity contribution in [1.82, 2.24) is 5.32 Å². The van der Waals surface area contributed by atoms with Crippen molar-refractivity contribution in [3.8, 4) is 11.5 Å². The molecule has 1 fully saturated rings. The Morgan fingerprint density at radius 2 is 1.84 bits per heavy atom. The molecule has 1 aliphatic heterocycles. The highest BCUT2D eigenvalue weighted by Crippen LogP contribution is 2.38. The molecule has 0 bridgehead atoms. The lowest BCUT2D eigenvalue weighted by Gasteiger charge is -2.33. The van der Waals surface area contributed by atoms with E-state index < -0.39 is 6.10 Å². The highest BCUT2D eigenvalue weighted by Gasteiger charge is 2.37. The van der Waals surface area contributed by atoms with Crippen molar-refractivity contribution in [2.24, 2.45) is 5.92 Å². The number of rotatable bonds is 4. The van der Waals surface area contributed by atoms with Gasteiger partial charge in [0, 0.05) is 4.88 Å². The van der Waals surface area contributed by atoms with Crippen molar-refractivity contribution in [2.75, 3.05) is 0 Å². The van der Waals surface area contributed by atoms with Crippen LogP contribution in [0.4, 0.5) is 0 Å². The molecule has 4 rings (SSSR count). The molecule has 4 nitrogen and oxygen atoms in total. The molecule has 1 saturated carbocycles. The van der Waals surface area contributed by atoms with Crippen LogP contribution in [-0.2, 0) is 4.79 Å². The van der Waals surface area contributed by atoms with E-state index in [1.54, 1.807) is 11.3 Å². The van der Waals surface area contributed by atoms with Crippen LogP contribution in [0.3, 0.4) is 0 Å². The van der Waals surface area contributed by atoms with Gasteiger partial charge in [-0.2, -0.15) is 0 Å². The molecule has 1 N–H and O–H groups in total. The number of nitrogens with one attached hydrogen (secondary N) is 1. The predicted molar refractivity (Wildman–Crippen MR) is 98.1 cm³/mol. The molecular weight excluding hydrogens is 334 g/mol. The molecule has 25 heavy (non-hydrogen) atoms. The van der Waals surface area contributed by atoms with E-state index in [9.17, 15) is 4.79 Å². The summed E-state index contributed by atoms with van der Waals surface area (Å²) in [5, 5.41) is 5.33. The van der Waals surface area contributed by atoms with Crippen molar-refractivity contribution < 1.29 is 14.3 Å². The molecule has 1 aromatic heterocycles. The molecule has 2 aliphatic rings. The number of hydrogen-bond acceptors (Lipinski definition) is 4. The van der Waals surface area contributed by atoms with Gasteiger partial charge in [0.05, 0.1) is 6.04 Å². The van der Waals surface area contributed by atoms with Gasteiger partial charge < -0.3 is 14.8 Å². The SMILES string of the molecule is CC1Oc2ccccc2OC1C(=O)NC(c1cccs1)C1CCCC1. The van der Waals surface area contributed by atoms with Gasteiger partial charge in [-0.05, 0) is 49.3 Å². The summed E-state index contributed by atoms with van der Waals surface area (Å²) in [6, 6.07) is 11.7.